The summed E-state index contributed by atoms with van der Waals surface area (Å²) in [6.45, 7) is 13.4. The summed E-state index contributed by atoms with van der Waals surface area (Å²) in [4.78, 5) is 5.08. The molecule has 0 bridgehead atoms. The van der Waals surface area contributed by atoms with E-state index in [1.807, 2.05) is 24.4 Å². The number of fused-ring (bicyclic) bond motifs is 10. The Morgan fingerprint density at radius 1 is 0.494 bits per heavy atom. The zero-order valence-corrected chi connectivity index (χ0v) is 45.7. The maximum atomic E-state index is 10.3. The summed E-state index contributed by atoms with van der Waals surface area (Å²) in [7, 11) is 0. The monoisotopic (exact) mass is 1170 g/mol. The SMILES string of the molecule is CC(C)(C)c1cc(Oc2[c-]c3c(cc2)c2cc4c5cc(C#N)cc6c7ccccc7n(c4cc2n3-c2cc(C(C)(C)C)ccn2)c65)[c-]c(-n2[c](=[Pt])n(-c3c(-c4ccccc4)cccc3-c3ccccc3)c3ccccc32)c1. The van der Waals surface area contributed by atoms with Crippen molar-refractivity contribution in [1.29, 1.82) is 5.26 Å². The molecule has 0 atom stereocenters. The van der Waals surface area contributed by atoms with Crippen LogP contribution in [0.25, 0.3) is 110 Å². The second-order valence-corrected chi connectivity index (χ2v) is 23.2. The maximum absolute atomic E-state index is 10.3. The van der Waals surface area contributed by atoms with Gasteiger partial charge in [0.1, 0.15) is 0 Å². The van der Waals surface area contributed by atoms with Crippen LogP contribution in [0.1, 0.15) is 58.2 Å². The van der Waals surface area contributed by atoms with Crippen LogP contribution in [0.3, 0.4) is 0 Å². The van der Waals surface area contributed by atoms with E-state index in [9.17, 15) is 5.26 Å². The van der Waals surface area contributed by atoms with Crippen LogP contribution in [0.15, 0.2) is 194 Å². The summed E-state index contributed by atoms with van der Waals surface area (Å²) in [6.07, 6.45) is 1.91. The zero-order chi connectivity index (χ0) is 52.5. The molecule has 0 spiro atoms. The summed E-state index contributed by atoms with van der Waals surface area (Å²) in [5.41, 5.74) is 16.3. The number of nitrogens with zero attached hydrogens (tertiary/aromatic N) is 6. The molecule has 0 radical (unpaired) electrons. The van der Waals surface area contributed by atoms with Crippen LogP contribution in [0, 0.1) is 27.3 Å². The summed E-state index contributed by atoms with van der Waals surface area (Å²) in [6, 6.07) is 76.6. The molecule has 0 amide bonds. The Labute approximate surface area is 456 Å². The van der Waals surface area contributed by atoms with E-state index in [0.717, 1.165) is 120 Å². The van der Waals surface area contributed by atoms with Gasteiger partial charge in [-0.3, -0.25) is 0 Å². The molecule has 0 aliphatic rings. The molecular formula is C69H50N6OPt-2. The van der Waals surface area contributed by atoms with Gasteiger partial charge in [0.25, 0.3) is 0 Å². The number of hydrogen-bond donors (Lipinski definition) is 0. The first kappa shape index (κ1) is 46.7. The summed E-state index contributed by atoms with van der Waals surface area (Å²) in [5.74, 6) is 1.94. The number of ether oxygens (including phenoxy) is 1. The molecule has 0 saturated carbocycles. The molecule has 5 heterocycles. The van der Waals surface area contributed by atoms with Gasteiger partial charge < -0.3 is 4.40 Å². The molecule has 374 valence electrons. The number of hydrogen-bond acceptors (Lipinski definition) is 3. The predicted molar refractivity (Wildman–Crippen MR) is 310 cm³/mol. The molecule has 0 aliphatic carbocycles. The topological polar surface area (TPSA) is 65.1 Å². The second kappa shape index (κ2) is 17.4. The van der Waals surface area contributed by atoms with Crippen molar-refractivity contribution in [2.75, 3.05) is 0 Å². The van der Waals surface area contributed by atoms with E-state index in [4.69, 9.17) is 9.72 Å². The second-order valence-electron chi connectivity index (χ2n) is 22.1. The molecule has 14 aromatic rings. The number of rotatable bonds is 7. The van der Waals surface area contributed by atoms with Crippen molar-refractivity contribution in [3.63, 3.8) is 0 Å². The fourth-order valence-electron chi connectivity index (χ4n) is 11.6. The van der Waals surface area contributed by atoms with E-state index in [1.165, 1.54) is 5.56 Å². The van der Waals surface area contributed by atoms with Crippen LogP contribution < -0.4 is 4.74 Å². The van der Waals surface area contributed by atoms with Crippen molar-refractivity contribution < 1.29 is 24.1 Å². The van der Waals surface area contributed by atoms with Gasteiger partial charge in [-0.15, -0.1) is 0 Å². The van der Waals surface area contributed by atoms with Crippen molar-refractivity contribution in [1.82, 2.24) is 23.1 Å². The fourth-order valence-corrected chi connectivity index (χ4v) is 12.6. The van der Waals surface area contributed by atoms with E-state index in [2.05, 4.69) is 267 Å². The minimum atomic E-state index is -0.236. The number of benzene rings is 9. The van der Waals surface area contributed by atoms with E-state index >= 15 is 0 Å². The zero-order valence-electron chi connectivity index (χ0n) is 43.4. The Hall–Kier alpha value is -8.82. The Balaban J connectivity index is 0.976. The number of pyridine rings is 1. The third-order valence-corrected chi connectivity index (χ3v) is 16.3. The average molecular weight is 1170 g/mol. The molecular weight excluding hydrogens is 1120 g/mol. The third-order valence-electron chi connectivity index (χ3n) is 15.3. The Morgan fingerprint density at radius 3 is 1.79 bits per heavy atom. The molecule has 14 rings (SSSR count). The van der Waals surface area contributed by atoms with Crippen molar-refractivity contribution in [3.8, 4) is 57.0 Å². The van der Waals surface area contributed by atoms with Crippen LogP contribution in [0.5, 0.6) is 11.5 Å². The van der Waals surface area contributed by atoms with Crippen LogP contribution in [0.2, 0.25) is 0 Å². The number of imidazole rings is 1. The van der Waals surface area contributed by atoms with Crippen molar-refractivity contribution >= 4 is 70.9 Å². The molecule has 8 heteroatoms. The van der Waals surface area contributed by atoms with Crippen LogP contribution >= 0.6 is 0 Å². The third kappa shape index (κ3) is 7.42. The molecule has 0 fully saturated rings. The molecule has 0 N–H and O–H groups in total. The van der Waals surface area contributed by atoms with Gasteiger partial charge in [-0.2, -0.15) is 5.26 Å². The van der Waals surface area contributed by atoms with Crippen LogP contribution in [-0.2, 0) is 30.2 Å². The molecule has 0 aliphatic heterocycles. The van der Waals surface area contributed by atoms with Gasteiger partial charge in [0, 0.05) is 27.7 Å². The summed E-state index contributed by atoms with van der Waals surface area (Å²) >= 11 is 2.50. The van der Waals surface area contributed by atoms with Gasteiger partial charge in [-0.05, 0) is 35.2 Å². The van der Waals surface area contributed by atoms with Gasteiger partial charge in [-0.25, -0.2) is 0 Å². The van der Waals surface area contributed by atoms with Crippen LogP contribution in [-0.4, -0.2) is 23.1 Å². The molecule has 77 heavy (non-hydrogen) atoms. The first-order chi connectivity index (χ1) is 37.3. The standard InChI is InChI=1S/C69H50N6O.Pt/c1-68(2,3)46-30-31-71-65(36-46)74-62-38-49(28-29-54(62)55-39-56-58-33-43(41-70)32-57-53-22-13-14-25-59(53)75(67(57)58)64(56)40-63(55)74)76-50-35-47(69(4,5)6)34-48(37-50)72-42-73(61-27-16-15-26-60(61)72)66-51(44-18-9-7-10-19-44)23-17-24-52(66)45-20-11-8-12-21-45;/h7-36,39-40H,1-6H3;/q-2;. The number of nitriles is 1. The molecule has 7 nitrogen and oxygen atoms in total. The molecule has 0 unspecified atom stereocenters. The number of aromatic nitrogens is 5. The molecule has 9 aromatic carbocycles. The van der Waals surface area contributed by atoms with Gasteiger partial charge in [0.05, 0.1) is 28.2 Å². The minimum absolute atomic E-state index is 0.116. The summed E-state index contributed by atoms with van der Waals surface area (Å²) in [5, 5.41) is 16.7. The van der Waals surface area contributed by atoms with Gasteiger partial charge in [-0.1, -0.05) is 39.0 Å². The Bertz CT molecular complexity index is 4770. The molecule has 5 aromatic heterocycles. The first-order valence-electron chi connectivity index (χ1n) is 26.0. The van der Waals surface area contributed by atoms with Crippen LogP contribution in [0.4, 0.5) is 0 Å². The van der Waals surface area contributed by atoms with Crippen molar-refractivity contribution in [2.24, 2.45) is 0 Å². The molecule has 0 saturated heterocycles. The van der Waals surface area contributed by atoms with E-state index in [-0.39, 0.29) is 10.8 Å². The normalized spacial score (nSPS) is 12.4. The van der Waals surface area contributed by atoms with E-state index in [1.54, 1.807) is 0 Å². The first-order valence-corrected chi connectivity index (χ1v) is 27.1. The van der Waals surface area contributed by atoms with Gasteiger partial charge >= 0.3 is 320 Å². The fraction of sp³-hybridized carbons (Fsp3) is 0.116. The van der Waals surface area contributed by atoms with E-state index in [0.29, 0.717) is 17.1 Å². The van der Waals surface area contributed by atoms with Gasteiger partial charge in [0.2, 0.25) is 0 Å². The van der Waals surface area contributed by atoms with Crippen molar-refractivity contribution in [3.05, 3.63) is 227 Å². The quantitative estimate of drug-likeness (QED) is 0.149. The summed E-state index contributed by atoms with van der Waals surface area (Å²) < 4.78 is 17.4. The Kier molecular flexibility index (Phi) is 10.5. The van der Waals surface area contributed by atoms with Gasteiger partial charge in [0.15, 0.2) is 0 Å². The van der Waals surface area contributed by atoms with E-state index < -0.39 is 0 Å². The Morgan fingerprint density at radius 2 is 1.12 bits per heavy atom. The van der Waals surface area contributed by atoms with Crippen molar-refractivity contribution in [2.45, 2.75) is 52.4 Å². The average Bonchev–Trinajstić information content (AvgIpc) is 4.27. The predicted octanol–water partition coefficient (Wildman–Crippen LogP) is 17.3. The number of para-hydroxylation sites is 4.